The Balaban J connectivity index is 2.31. The third-order valence-electron chi connectivity index (χ3n) is 2.09. The number of nitrogen functional groups attached to an aromatic ring is 2. The van der Waals surface area contributed by atoms with Crippen molar-refractivity contribution in [2.75, 3.05) is 11.5 Å². The Hall–Kier alpha value is -1.79. The van der Waals surface area contributed by atoms with Crippen molar-refractivity contribution in [2.24, 2.45) is 0 Å². The van der Waals surface area contributed by atoms with Gasteiger partial charge in [0.1, 0.15) is 11.6 Å². The highest BCUT2D eigenvalue weighted by Crippen LogP contribution is 2.28. The molecule has 88 valence electrons. The first-order valence-electron chi connectivity index (χ1n) is 4.95. The second-order valence-corrected chi connectivity index (χ2v) is 4.38. The van der Waals surface area contributed by atoms with E-state index in [9.17, 15) is 5.11 Å². The SMILES string of the molecule is Nc1cc(N)nc(Sc2ccccc2CO)n1. The number of hydrogen-bond acceptors (Lipinski definition) is 6. The van der Waals surface area contributed by atoms with E-state index in [1.165, 1.54) is 17.8 Å². The van der Waals surface area contributed by atoms with Crippen molar-refractivity contribution in [1.29, 1.82) is 0 Å². The highest BCUT2D eigenvalue weighted by Gasteiger charge is 2.06. The van der Waals surface area contributed by atoms with E-state index in [-0.39, 0.29) is 6.61 Å². The summed E-state index contributed by atoms with van der Waals surface area (Å²) >= 11 is 1.32. The number of anilines is 2. The van der Waals surface area contributed by atoms with Crippen LogP contribution in [0.4, 0.5) is 11.6 Å². The summed E-state index contributed by atoms with van der Waals surface area (Å²) in [6, 6.07) is 8.99. The molecule has 0 amide bonds. The standard InChI is InChI=1S/C11H12N4OS/c12-9-5-10(13)15-11(14-9)17-8-4-2-1-3-7(8)6-16/h1-5,16H,6H2,(H4,12,13,14,15). The highest BCUT2D eigenvalue weighted by molar-refractivity contribution is 7.99. The number of benzene rings is 1. The lowest BCUT2D eigenvalue weighted by atomic mass is 10.2. The maximum absolute atomic E-state index is 9.20. The van der Waals surface area contributed by atoms with Crippen molar-refractivity contribution in [3.05, 3.63) is 35.9 Å². The molecule has 0 saturated carbocycles. The van der Waals surface area contributed by atoms with E-state index in [0.29, 0.717) is 16.8 Å². The molecule has 1 aromatic carbocycles. The first-order valence-corrected chi connectivity index (χ1v) is 5.77. The number of nitrogens with two attached hydrogens (primary N) is 2. The van der Waals surface area contributed by atoms with Gasteiger partial charge in [-0.2, -0.15) is 0 Å². The van der Waals surface area contributed by atoms with Crippen molar-refractivity contribution in [3.8, 4) is 0 Å². The average Bonchev–Trinajstić information content (AvgIpc) is 2.28. The van der Waals surface area contributed by atoms with Crippen LogP contribution < -0.4 is 11.5 Å². The number of rotatable bonds is 3. The Morgan fingerprint density at radius 3 is 2.41 bits per heavy atom. The van der Waals surface area contributed by atoms with Gasteiger partial charge < -0.3 is 16.6 Å². The molecule has 0 fully saturated rings. The normalized spacial score (nSPS) is 10.4. The predicted octanol–water partition coefficient (Wildman–Crippen LogP) is 1.28. The van der Waals surface area contributed by atoms with Gasteiger partial charge in [-0.25, -0.2) is 9.97 Å². The largest absolute Gasteiger partial charge is 0.392 e. The van der Waals surface area contributed by atoms with Gasteiger partial charge in [0.2, 0.25) is 0 Å². The molecule has 0 saturated heterocycles. The third kappa shape index (κ3) is 2.86. The number of aliphatic hydroxyl groups is 1. The molecule has 0 radical (unpaired) electrons. The number of nitrogens with zero attached hydrogens (tertiary/aromatic N) is 2. The van der Waals surface area contributed by atoms with Crippen LogP contribution >= 0.6 is 11.8 Å². The van der Waals surface area contributed by atoms with Gasteiger partial charge in [-0.1, -0.05) is 18.2 Å². The van der Waals surface area contributed by atoms with E-state index < -0.39 is 0 Å². The van der Waals surface area contributed by atoms with Gasteiger partial charge >= 0.3 is 0 Å². The van der Waals surface area contributed by atoms with Crippen molar-refractivity contribution in [2.45, 2.75) is 16.7 Å². The summed E-state index contributed by atoms with van der Waals surface area (Å²) in [5.41, 5.74) is 12.0. The van der Waals surface area contributed by atoms with Crippen LogP contribution in [0.2, 0.25) is 0 Å². The van der Waals surface area contributed by atoms with Crippen LogP contribution in [0.15, 0.2) is 40.4 Å². The van der Waals surface area contributed by atoms with Crippen molar-refractivity contribution in [1.82, 2.24) is 9.97 Å². The predicted molar refractivity (Wildman–Crippen MR) is 67.3 cm³/mol. The minimum absolute atomic E-state index is 0.0268. The first-order chi connectivity index (χ1) is 8.19. The molecule has 0 aliphatic carbocycles. The Labute approximate surface area is 103 Å². The van der Waals surface area contributed by atoms with Crippen molar-refractivity contribution >= 4 is 23.4 Å². The topological polar surface area (TPSA) is 98.1 Å². The lowest BCUT2D eigenvalue weighted by Crippen LogP contribution is -1.99. The molecule has 17 heavy (non-hydrogen) atoms. The van der Waals surface area contributed by atoms with Gasteiger partial charge in [0, 0.05) is 11.0 Å². The zero-order valence-electron chi connectivity index (χ0n) is 9.00. The van der Waals surface area contributed by atoms with E-state index in [0.717, 1.165) is 10.5 Å². The Morgan fingerprint density at radius 1 is 1.12 bits per heavy atom. The van der Waals surface area contributed by atoms with Crippen LogP contribution in [0.1, 0.15) is 5.56 Å². The molecule has 0 bridgehead atoms. The molecule has 0 unspecified atom stereocenters. The zero-order valence-corrected chi connectivity index (χ0v) is 9.81. The minimum atomic E-state index is -0.0268. The van der Waals surface area contributed by atoms with Crippen LogP contribution in [0.5, 0.6) is 0 Å². The summed E-state index contributed by atoms with van der Waals surface area (Å²) in [6.07, 6.45) is 0. The van der Waals surface area contributed by atoms with E-state index in [1.807, 2.05) is 24.3 Å². The Morgan fingerprint density at radius 2 is 1.76 bits per heavy atom. The molecule has 1 aromatic heterocycles. The average molecular weight is 248 g/mol. The van der Waals surface area contributed by atoms with E-state index in [4.69, 9.17) is 11.5 Å². The van der Waals surface area contributed by atoms with Gasteiger partial charge in [-0.15, -0.1) is 0 Å². The summed E-state index contributed by atoms with van der Waals surface area (Å²) in [6.45, 7) is -0.0268. The van der Waals surface area contributed by atoms with Gasteiger partial charge in [-0.05, 0) is 23.4 Å². The second-order valence-electron chi connectivity index (χ2n) is 3.37. The molecule has 1 heterocycles. The fraction of sp³-hybridized carbons (Fsp3) is 0.0909. The molecule has 6 heteroatoms. The summed E-state index contributed by atoms with van der Waals surface area (Å²) in [5.74, 6) is 0.669. The molecule has 0 atom stereocenters. The molecule has 0 aliphatic heterocycles. The lowest BCUT2D eigenvalue weighted by molar-refractivity contribution is 0.279. The summed E-state index contributed by atoms with van der Waals surface area (Å²) in [7, 11) is 0. The van der Waals surface area contributed by atoms with Crippen LogP contribution in [0, 0.1) is 0 Å². The maximum atomic E-state index is 9.20. The Bertz CT molecular complexity index is 512. The fourth-order valence-electron chi connectivity index (χ4n) is 1.34. The molecule has 2 aromatic rings. The number of hydrogen-bond donors (Lipinski definition) is 3. The maximum Gasteiger partial charge on any atom is 0.196 e. The van der Waals surface area contributed by atoms with E-state index >= 15 is 0 Å². The van der Waals surface area contributed by atoms with Gasteiger partial charge in [0.05, 0.1) is 6.61 Å². The van der Waals surface area contributed by atoms with E-state index in [2.05, 4.69) is 9.97 Å². The summed E-state index contributed by atoms with van der Waals surface area (Å²) in [4.78, 5) is 9.03. The third-order valence-corrected chi connectivity index (χ3v) is 3.07. The fourth-order valence-corrected chi connectivity index (χ4v) is 2.25. The smallest absolute Gasteiger partial charge is 0.196 e. The molecule has 0 spiro atoms. The monoisotopic (exact) mass is 248 g/mol. The molecule has 0 aliphatic rings. The van der Waals surface area contributed by atoms with Crippen molar-refractivity contribution < 1.29 is 5.11 Å². The van der Waals surface area contributed by atoms with Crippen molar-refractivity contribution in [3.63, 3.8) is 0 Å². The molecular formula is C11H12N4OS. The molecule has 5 N–H and O–H groups in total. The van der Waals surface area contributed by atoms with Crippen LogP contribution in [0.25, 0.3) is 0 Å². The number of aromatic nitrogens is 2. The second kappa shape index (κ2) is 5.03. The van der Waals surface area contributed by atoms with Crippen LogP contribution in [-0.4, -0.2) is 15.1 Å². The lowest BCUT2D eigenvalue weighted by Gasteiger charge is -2.06. The van der Waals surface area contributed by atoms with Gasteiger partial charge in [0.25, 0.3) is 0 Å². The van der Waals surface area contributed by atoms with E-state index in [1.54, 1.807) is 0 Å². The van der Waals surface area contributed by atoms with Crippen LogP contribution in [0.3, 0.4) is 0 Å². The zero-order chi connectivity index (χ0) is 12.3. The highest BCUT2D eigenvalue weighted by atomic mass is 32.2. The van der Waals surface area contributed by atoms with Crippen LogP contribution in [-0.2, 0) is 6.61 Å². The summed E-state index contributed by atoms with van der Waals surface area (Å²) < 4.78 is 0. The summed E-state index contributed by atoms with van der Waals surface area (Å²) in [5, 5.41) is 9.68. The molecular weight excluding hydrogens is 236 g/mol. The first kappa shape index (κ1) is 11.7. The molecule has 5 nitrogen and oxygen atoms in total. The van der Waals surface area contributed by atoms with Gasteiger partial charge in [-0.3, -0.25) is 0 Å². The quantitative estimate of drug-likeness (QED) is 0.708. The number of aliphatic hydroxyl groups excluding tert-OH is 1. The van der Waals surface area contributed by atoms with Gasteiger partial charge in [0.15, 0.2) is 5.16 Å². The molecule has 2 rings (SSSR count). The minimum Gasteiger partial charge on any atom is -0.392 e. The Kier molecular flexibility index (Phi) is 3.46.